The highest BCUT2D eigenvalue weighted by Gasteiger charge is 2.17. The van der Waals surface area contributed by atoms with Gasteiger partial charge < -0.3 is 9.64 Å². The SMILES string of the molecule is COC(=O)CN(C)C(=O)c1cccc(-n2cccn2)n1. The number of rotatable bonds is 4. The topological polar surface area (TPSA) is 77.3 Å². The Labute approximate surface area is 115 Å². The van der Waals surface area contributed by atoms with Crippen LogP contribution in [0.2, 0.25) is 0 Å². The fourth-order valence-corrected chi connectivity index (χ4v) is 1.60. The van der Waals surface area contributed by atoms with Gasteiger partial charge in [0.25, 0.3) is 5.91 Å². The van der Waals surface area contributed by atoms with Gasteiger partial charge in [0, 0.05) is 19.4 Å². The summed E-state index contributed by atoms with van der Waals surface area (Å²) >= 11 is 0. The Morgan fingerprint density at radius 3 is 2.80 bits per heavy atom. The smallest absolute Gasteiger partial charge is 0.325 e. The zero-order valence-electron chi connectivity index (χ0n) is 11.2. The van der Waals surface area contributed by atoms with Crippen molar-refractivity contribution in [1.29, 1.82) is 0 Å². The molecule has 0 saturated heterocycles. The first-order valence-electron chi connectivity index (χ1n) is 5.91. The van der Waals surface area contributed by atoms with E-state index in [0.29, 0.717) is 5.82 Å². The van der Waals surface area contributed by atoms with E-state index in [2.05, 4.69) is 14.8 Å². The largest absolute Gasteiger partial charge is 0.468 e. The van der Waals surface area contributed by atoms with Crippen molar-refractivity contribution in [3.8, 4) is 5.82 Å². The molecule has 7 heteroatoms. The maximum Gasteiger partial charge on any atom is 0.325 e. The third-order valence-corrected chi connectivity index (χ3v) is 2.63. The summed E-state index contributed by atoms with van der Waals surface area (Å²) in [4.78, 5) is 28.8. The van der Waals surface area contributed by atoms with Crippen LogP contribution in [0.25, 0.3) is 5.82 Å². The number of aromatic nitrogens is 3. The number of amides is 1. The highest BCUT2D eigenvalue weighted by atomic mass is 16.5. The van der Waals surface area contributed by atoms with Gasteiger partial charge in [-0.2, -0.15) is 5.10 Å². The van der Waals surface area contributed by atoms with Crippen molar-refractivity contribution in [2.45, 2.75) is 0 Å². The van der Waals surface area contributed by atoms with Gasteiger partial charge in [-0.15, -0.1) is 0 Å². The lowest BCUT2D eigenvalue weighted by Gasteiger charge is -2.15. The molecule has 20 heavy (non-hydrogen) atoms. The van der Waals surface area contributed by atoms with E-state index in [0.717, 1.165) is 0 Å². The average Bonchev–Trinajstić information content (AvgIpc) is 3.00. The Hall–Kier alpha value is -2.70. The molecule has 0 aliphatic rings. The van der Waals surface area contributed by atoms with Crippen molar-refractivity contribution < 1.29 is 14.3 Å². The molecule has 1 amide bonds. The molecule has 2 heterocycles. The number of carbonyl (C=O) groups excluding carboxylic acids is 2. The van der Waals surface area contributed by atoms with Crippen LogP contribution in [0.4, 0.5) is 0 Å². The molecule has 7 nitrogen and oxygen atoms in total. The molecule has 0 radical (unpaired) electrons. The number of hydrogen-bond acceptors (Lipinski definition) is 5. The van der Waals surface area contributed by atoms with Crippen LogP contribution in [0.3, 0.4) is 0 Å². The predicted octanol–water partition coefficient (Wildman–Crippen LogP) is 0.512. The molecule has 104 valence electrons. The number of ether oxygens (including phenoxy) is 1. The summed E-state index contributed by atoms with van der Waals surface area (Å²) < 4.78 is 6.07. The third kappa shape index (κ3) is 3.00. The minimum absolute atomic E-state index is 0.122. The van der Waals surface area contributed by atoms with Crippen LogP contribution in [0.15, 0.2) is 36.7 Å². The van der Waals surface area contributed by atoms with Crippen LogP contribution in [0.5, 0.6) is 0 Å². The summed E-state index contributed by atoms with van der Waals surface area (Å²) in [7, 11) is 2.79. The summed E-state index contributed by atoms with van der Waals surface area (Å²) in [6, 6.07) is 6.80. The molecule has 2 rings (SSSR count). The second-order valence-corrected chi connectivity index (χ2v) is 4.07. The van der Waals surface area contributed by atoms with Gasteiger partial charge in [-0.05, 0) is 18.2 Å². The first kappa shape index (κ1) is 13.7. The molecule has 0 atom stereocenters. The molecule has 0 aliphatic carbocycles. The van der Waals surface area contributed by atoms with Crippen molar-refractivity contribution in [1.82, 2.24) is 19.7 Å². The van der Waals surface area contributed by atoms with Crippen LogP contribution in [-0.4, -0.2) is 52.2 Å². The zero-order valence-corrected chi connectivity index (χ0v) is 11.2. The molecule has 2 aromatic rings. The van der Waals surface area contributed by atoms with Crippen molar-refractivity contribution in [3.05, 3.63) is 42.4 Å². The molecular weight excluding hydrogens is 260 g/mol. The third-order valence-electron chi connectivity index (χ3n) is 2.63. The quantitative estimate of drug-likeness (QED) is 0.759. The number of hydrogen-bond donors (Lipinski definition) is 0. The standard InChI is InChI=1S/C13H14N4O3/c1-16(9-12(18)20-2)13(19)10-5-3-6-11(15-10)17-8-4-7-14-17/h3-8H,9H2,1-2H3. The van der Waals surface area contributed by atoms with Gasteiger partial charge in [0.2, 0.25) is 0 Å². The summed E-state index contributed by atoms with van der Waals surface area (Å²) in [5, 5.41) is 4.05. The Bertz CT molecular complexity index is 610. The minimum atomic E-state index is -0.482. The average molecular weight is 274 g/mol. The van der Waals surface area contributed by atoms with Gasteiger partial charge in [0.05, 0.1) is 7.11 Å². The van der Waals surface area contributed by atoms with Crippen LogP contribution < -0.4 is 0 Å². The Morgan fingerprint density at radius 2 is 2.15 bits per heavy atom. The lowest BCUT2D eigenvalue weighted by molar-refractivity contribution is -0.141. The van der Waals surface area contributed by atoms with E-state index < -0.39 is 5.97 Å². The molecule has 0 fully saturated rings. The second-order valence-electron chi connectivity index (χ2n) is 4.07. The minimum Gasteiger partial charge on any atom is -0.468 e. The van der Waals surface area contributed by atoms with Crippen LogP contribution >= 0.6 is 0 Å². The molecule has 0 aliphatic heterocycles. The van der Waals surface area contributed by atoms with Crippen LogP contribution in [0, 0.1) is 0 Å². The van der Waals surface area contributed by atoms with Crippen molar-refractivity contribution in [2.75, 3.05) is 20.7 Å². The molecular formula is C13H14N4O3. The maximum atomic E-state index is 12.1. The number of methoxy groups -OCH3 is 1. The van der Waals surface area contributed by atoms with E-state index in [-0.39, 0.29) is 18.1 Å². The van der Waals surface area contributed by atoms with Gasteiger partial charge in [0.15, 0.2) is 5.82 Å². The lowest BCUT2D eigenvalue weighted by atomic mass is 10.3. The number of pyridine rings is 1. The Morgan fingerprint density at radius 1 is 1.35 bits per heavy atom. The number of nitrogens with zero attached hydrogens (tertiary/aromatic N) is 4. The normalized spacial score (nSPS) is 10.1. The van der Waals surface area contributed by atoms with Gasteiger partial charge in [-0.25, -0.2) is 9.67 Å². The fourth-order valence-electron chi connectivity index (χ4n) is 1.60. The zero-order chi connectivity index (χ0) is 14.5. The van der Waals surface area contributed by atoms with E-state index in [9.17, 15) is 9.59 Å². The molecule has 2 aromatic heterocycles. The highest BCUT2D eigenvalue weighted by molar-refractivity contribution is 5.94. The van der Waals surface area contributed by atoms with E-state index in [1.54, 1.807) is 41.3 Å². The van der Waals surface area contributed by atoms with Gasteiger partial charge in [0.1, 0.15) is 12.2 Å². The second kappa shape index (κ2) is 5.96. The summed E-state index contributed by atoms with van der Waals surface area (Å²) in [6.45, 7) is -0.122. The number of esters is 1. The molecule has 0 saturated carbocycles. The predicted molar refractivity (Wildman–Crippen MR) is 70.3 cm³/mol. The van der Waals surface area contributed by atoms with E-state index in [1.807, 2.05) is 0 Å². The molecule has 0 bridgehead atoms. The van der Waals surface area contributed by atoms with E-state index >= 15 is 0 Å². The molecule has 0 aromatic carbocycles. The monoisotopic (exact) mass is 274 g/mol. The number of likely N-dealkylation sites (N-methyl/N-ethyl adjacent to an activating group) is 1. The van der Waals surface area contributed by atoms with Crippen molar-refractivity contribution >= 4 is 11.9 Å². The highest BCUT2D eigenvalue weighted by Crippen LogP contribution is 2.06. The number of carbonyl (C=O) groups is 2. The van der Waals surface area contributed by atoms with Gasteiger partial charge >= 0.3 is 5.97 Å². The molecule has 0 N–H and O–H groups in total. The summed E-state index contributed by atoms with van der Waals surface area (Å²) in [5.74, 6) is -0.305. The first-order chi connectivity index (χ1) is 9.61. The summed E-state index contributed by atoms with van der Waals surface area (Å²) in [6.07, 6.45) is 3.36. The maximum absolute atomic E-state index is 12.1. The first-order valence-corrected chi connectivity index (χ1v) is 5.91. The Kier molecular flexibility index (Phi) is 4.09. The fraction of sp³-hybridized carbons (Fsp3) is 0.231. The van der Waals surface area contributed by atoms with Crippen LogP contribution in [0.1, 0.15) is 10.5 Å². The summed E-state index contributed by atoms with van der Waals surface area (Å²) in [5.41, 5.74) is 0.240. The molecule has 0 spiro atoms. The van der Waals surface area contributed by atoms with Crippen molar-refractivity contribution in [2.24, 2.45) is 0 Å². The lowest BCUT2D eigenvalue weighted by Crippen LogP contribution is -2.33. The van der Waals surface area contributed by atoms with E-state index in [1.165, 1.54) is 19.1 Å². The molecule has 0 unspecified atom stereocenters. The van der Waals surface area contributed by atoms with Crippen LogP contribution in [-0.2, 0) is 9.53 Å². The van der Waals surface area contributed by atoms with Gasteiger partial charge in [-0.1, -0.05) is 6.07 Å². The van der Waals surface area contributed by atoms with E-state index in [4.69, 9.17) is 0 Å². The Balaban J connectivity index is 2.18. The van der Waals surface area contributed by atoms with Gasteiger partial charge in [-0.3, -0.25) is 9.59 Å². The van der Waals surface area contributed by atoms with Crippen molar-refractivity contribution in [3.63, 3.8) is 0 Å².